The van der Waals surface area contributed by atoms with E-state index in [2.05, 4.69) is 51.1 Å². The third-order valence-electron chi connectivity index (χ3n) is 3.07. The molecule has 1 N–H and O–H groups in total. The quantitative estimate of drug-likeness (QED) is 0.600. The zero-order valence-electron chi connectivity index (χ0n) is 10.7. The van der Waals surface area contributed by atoms with Gasteiger partial charge in [0, 0.05) is 19.0 Å². The number of aryl methyl sites for hydroxylation is 3. The van der Waals surface area contributed by atoms with Crippen LogP contribution in [-0.2, 0) is 0 Å². The Hall–Kier alpha value is -1.26. The van der Waals surface area contributed by atoms with Gasteiger partial charge in [-0.2, -0.15) is 0 Å². The third kappa shape index (κ3) is 3.12. The molecule has 0 spiro atoms. The van der Waals surface area contributed by atoms with Crippen molar-refractivity contribution in [1.82, 2.24) is 5.32 Å². The van der Waals surface area contributed by atoms with Crippen LogP contribution in [0.4, 0.5) is 0 Å². The lowest BCUT2D eigenvalue weighted by molar-refractivity contribution is 0.581. The summed E-state index contributed by atoms with van der Waals surface area (Å²) in [4.78, 5) is 0. The summed E-state index contributed by atoms with van der Waals surface area (Å²) < 4.78 is 0. The second-order valence-electron chi connectivity index (χ2n) is 4.42. The van der Waals surface area contributed by atoms with Gasteiger partial charge in [0.1, 0.15) is 0 Å². The maximum atomic E-state index is 5.24. The minimum atomic E-state index is 0.368. The van der Waals surface area contributed by atoms with Crippen LogP contribution < -0.4 is 5.32 Å². The summed E-state index contributed by atoms with van der Waals surface area (Å²) in [7, 11) is 0. The molecular formula is C15H21N. The van der Waals surface area contributed by atoms with Crippen LogP contribution in [0.5, 0.6) is 0 Å². The van der Waals surface area contributed by atoms with Crippen molar-refractivity contribution in [1.29, 1.82) is 0 Å². The second kappa shape index (κ2) is 5.72. The molecule has 0 saturated carbocycles. The largest absolute Gasteiger partial charge is 0.309 e. The first-order valence-corrected chi connectivity index (χ1v) is 5.81. The van der Waals surface area contributed by atoms with Crippen molar-refractivity contribution in [3.05, 3.63) is 34.4 Å². The first-order valence-electron chi connectivity index (χ1n) is 5.81. The highest BCUT2D eigenvalue weighted by molar-refractivity contribution is 5.37. The van der Waals surface area contributed by atoms with E-state index in [1.165, 1.54) is 22.3 Å². The molecular weight excluding hydrogens is 194 g/mol. The summed E-state index contributed by atoms with van der Waals surface area (Å²) >= 11 is 0. The average molecular weight is 215 g/mol. The fraction of sp³-hybridized carbons (Fsp3) is 0.467. The van der Waals surface area contributed by atoms with Gasteiger partial charge in [0.2, 0.25) is 0 Å². The van der Waals surface area contributed by atoms with Crippen LogP contribution in [0.15, 0.2) is 12.1 Å². The van der Waals surface area contributed by atoms with Gasteiger partial charge in [0.05, 0.1) is 0 Å². The molecule has 0 amide bonds. The Morgan fingerprint density at radius 1 is 1.19 bits per heavy atom. The lowest BCUT2D eigenvalue weighted by Gasteiger charge is -2.17. The average Bonchev–Trinajstić information content (AvgIpc) is 2.23. The SMILES string of the molecule is C#CCCNC(C)c1cc(C)c(C)cc1C. The molecule has 16 heavy (non-hydrogen) atoms. The minimum absolute atomic E-state index is 0.368. The molecule has 1 aromatic rings. The van der Waals surface area contributed by atoms with Gasteiger partial charge in [-0.1, -0.05) is 12.1 Å². The Kier molecular flexibility index (Phi) is 4.58. The molecule has 0 fully saturated rings. The predicted molar refractivity (Wildman–Crippen MR) is 70.5 cm³/mol. The van der Waals surface area contributed by atoms with Gasteiger partial charge in [-0.15, -0.1) is 12.3 Å². The van der Waals surface area contributed by atoms with Crippen LogP contribution in [0.25, 0.3) is 0 Å². The van der Waals surface area contributed by atoms with E-state index in [0.29, 0.717) is 6.04 Å². The van der Waals surface area contributed by atoms with Crippen LogP contribution in [-0.4, -0.2) is 6.54 Å². The first kappa shape index (κ1) is 12.8. The van der Waals surface area contributed by atoms with Crippen molar-refractivity contribution < 1.29 is 0 Å². The van der Waals surface area contributed by atoms with Gasteiger partial charge in [-0.25, -0.2) is 0 Å². The molecule has 0 aliphatic carbocycles. The first-order chi connectivity index (χ1) is 7.56. The normalized spacial score (nSPS) is 12.2. The van der Waals surface area contributed by atoms with E-state index >= 15 is 0 Å². The van der Waals surface area contributed by atoms with E-state index in [1.807, 2.05) is 0 Å². The number of rotatable bonds is 4. The number of terminal acetylenes is 1. The summed E-state index contributed by atoms with van der Waals surface area (Å²) in [6.45, 7) is 9.55. The van der Waals surface area contributed by atoms with Crippen molar-refractivity contribution in [3.8, 4) is 12.3 Å². The van der Waals surface area contributed by atoms with Crippen LogP contribution >= 0.6 is 0 Å². The van der Waals surface area contributed by atoms with Crippen molar-refractivity contribution >= 4 is 0 Å². The highest BCUT2D eigenvalue weighted by Crippen LogP contribution is 2.21. The molecule has 1 atom stereocenters. The number of hydrogen-bond acceptors (Lipinski definition) is 1. The third-order valence-corrected chi connectivity index (χ3v) is 3.07. The summed E-state index contributed by atoms with van der Waals surface area (Å²) in [5.74, 6) is 2.65. The lowest BCUT2D eigenvalue weighted by Crippen LogP contribution is -2.20. The van der Waals surface area contributed by atoms with E-state index in [-0.39, 0.29) is 0 Å². The van der Waals surface area contributed by atoms with Gasteiger partial charge in [-0.3, -0.25) is 0 Å². The summed E-state index contributed by atoms with van der Waals surface area (Å²) in [5, 5.41) is 3.44. The molecule has 1 nitrogen and oxygen atoms in total. The minimum Gasteiger partial charge on any atom is -0.309 e. The molecule has 0 radical (unpaired) electrons. The zero-order chi connectivity index (χ0) is 12.1. The Bertz CT molecular complexity index is 399. The van der Waals surface area contributed by atoms with Crippen LogP contribution in [0.1, 0.15) is 41.6 Å². The summed E-state index contributed by atoms with van der Waals surface area (Å²) in [6.07, 6.45) is 6.02. The molecule has 0 aromatic heterocycles. The van der Waals surface area contributed by atoms with Gasteiger partial charge >= 0.3 is 0 Å². The van der Waals surface area contributed by atoms with Gasteiger partial charge in [-0.05, 0) is 49.9 Å². The second-order valence-corrected chi connectivity index (χ2v) is 4.42. The molecule has 0 heterocycles. The Labute approximate surface area is 99.3 Å². The number of nitrogens with one attached hydrogen (secondary N) is 1. The molecule has 86 valence electrons. The lowest BCUT2D eigenvalue weighted by atomic mass is 9.96. The Morgan fingerprint density at radius 2 is 1.81 bits per heavy atom. The highest BCUT2D eigenvalue weighted by atomic mass is 14.9. The van der Waals surface area contributed by atoms with Crippen molar-refractivity contribution in [2.75, 3.05) is 6.54 Å². The van der Waals surface area contributed by atoms with E-state index < -0.39 is 0 Å². The fourth-order valence-corrected chi connectivity index (χ4v) is 1.92. The van der Waals surface area contributed by atoms with E-state index in [4.69, 9.17) is 6.42 Å². The maximum absolute atomic E-state index is 5.24. The molecule has 1 unspecified atom stereocenters. The molecule has 1 heteroatoms. The molecule has 0 bridgehead atoms. The van der Waals surface area contributed by atoms with Gasteiger partial charge < -0.3 is 5.32 Å². The predicted octanol–water partition coefficient (Wildman–Crippen LogP) is 3.29. The van der Waals surface area contributed by atoms with Crippen molar-refractivity contribution in [3.63, 3.8) is 0 Å². The number of hydrogen-bond donors (Lipinski definition) is 1. The van der Waals surface area contributed by atoms with Crippen LogP contribution in [0, 0.1) is 33.1 Å². The monoisotopic (exact) mass is 215 g/mol. The van der Waals surface area contributed by atoms with Crippen molar-refractivity contribution in [2.24, 2.45) is 0 Å². The molecule has 1 aromatic carbocycles. The smallest absolute Gasteiger partial charge is 0.0294 e. The number of benzene rings is 1. The van der Waals surface area contributed by atoms with E-state index in [0.717, 1.165) is 13.0 Å². The molecule has 0 aliphatic heterocycles. The molecule has 0 aliphatic rings. The molecule has 1 rings (SSSR count). The maximum Gasteiger partial charge on any atom is 0.0294 e. The van der Waals surface area contributed by atoms with E-state index in [9.17, 15) is 0 Å². The summed E-state index contributed by atoms with van der Waals surface area (Å²) in [5.41, 5.74) is 5.44. The fourth-order valence-electron chi connectivity index (χ4n) is 1.92. The van der Waals surface area contributed by atoms with Gasteiger partial charge in [0.25, 0.3) is 0 Å². The van der Waals surface area contributed by atoms with Gasteiger partial charge in [0.15, 0.2) is 0 Å². The zero-order valence-corrected chi connectivity index (χ0v) is 10.7. The van der Waals surface area contributed by atoms with Crippen LogP contribution in [0.3, 0.4) is 0 Å². The van der Waals surface area contributed by atoms with E-state index in [1.54, 1.807) is 0 Å². The summed E-state index contributed by atoms with van der Waals surface area (Å²) in [6, 6.07) is 4.90. The Balaban J connectivity index is 2.79. The Morgan fingerprint density at radius 3 is 2.44 bits per heavy atom. The standard InChI is InChI=1S/C15H21N/c1-6-7-8-16-14(5)15-10-12(3)11(2)9-13(15)4/h1,9-10,14,16H,7-8H2,2-5H3. The molecule has 0 saturated heterocycles. The van der Waals surface area contributed by atoms with Crippen molar-refractivity contribution in [2.45, 2.75) is 40.2 Å². The topological polar surface area (TPSA) is 12.0 Å². The highest BCUT2D eigenvalue weighted by Gasteiger charge is 2.08. The van der Waals surface area contributed by atoms with Crippen LogP contribution in [0.2, 0.25) is 0 Å².